The molecule has 8 heavy (non-hydrogen) atoms. The maximum absolute atomic E-state index is 7.33. The van der Waals surface area contributed by atoms with Gasteiger partial charge in [-0.2, -0.15) is 0 Å². The predicted octanol–water partition coefficient (Wildman–Crippen LogP) is -2.77. The zero-order chi connectivity index (χ0) is 4.50. The molecule has 4 nitrogen and oxygen atoms in total. The molecule has 0 aliphatic carbocycles. The van der Waals surface area contributed by atoms with Crippen LogP contribution in [-0.2, 0) is 36.5 Å². The number of hydrogen-bond acceptors (Lipinski definition) is 4. The third-order valence-corrected chi connectivity index (χ3v) is 0. The summed E-state index contributed by atoms with van der Waals surface area (Å²) in [5.74, 6) is 0. The van der Waals surface area contributed by atoms with Crippen molar-refractivity contribution in [1.29, 1.82) is 0 Å². The molecule has 0 aromatic carbocycles. The van der Waals surface area contributed by atoms with Crippen molar-refractivity contribution in [3.8, 4) is 0 Å². The van der Waals surface area contributed by atoms with Crippen molar-refractivity contribution in [2.75, 3.05) is 0 Å². The Morgan fingerprint density at radius 3 is 1.00 bits per heavy atom. The Balaban J connectivity index is -0.00000000800. The van der Waals surface area contributed by atoms with Crippen molar-refractivity contribution in [3.63, 3.8) is 0 Å². The van der Waals surface area contributed by atoms with Gasteiger partial charge in [-0.1, -0.05) is 0 Å². The largest absolute Gasteiger partial charge is 2.00 e. The summed E-state index contributed by atoms with van der Waals surface area (Å²) < 4.78 is 0. The molecule has 0 aliphatic rings. The van der Waals surface area contributed by atoms with E-state index in [4.69, 9.17) is 19.2 Å². The molecular formula is H6CaCuO4SiZn. The Bertz CT molecular complexity index is 38.7. The zero-order valence-electron chi connectivity index (χ0n) is 6.00. The van der Waals surface area contributed by atoms with Gasteiger partial charge in [0.2, 0.25) is 0 Å². The molecule has 4 N–H and O–H groups in total. The summed E-state index contributed by atoms with van der Waals surface area (Å²) in [5, 5.41) is 0. The maximum atomic E-state index is 7.33. The Morgan fingerprint density at radius 2 is 1.00 bits per heavy atom. The van der Waals surface area contributed by atoms with E-state index in [9.17, 15) is 0 Å². The minimum atomic E-state index is -4.61. The van der Waals surface area contributed by atoms with E-state index in [-0.39, 0.29) is 77.1 Å². The topological polar surface area (TPSA) is 80.9 Å². The monoisotopic (exact) mass is 265 g/mol. The van der Waals surface area contributed by atoms with Gasteiger partial charge in [0.05, 0.1) is 0 Å². The van der Waals surface area contributed by atoms with Gasteiger partial charge in [-0.25, -0.2) is 0 Å². The van der Waals surface area contributed by atoms with E-state index in [0.717, 1.165) is 0 Å². The first-order chi connectivity index (χ1) is 2.00. The van der Waals surface area contributed by atoms with Gasteiger partial charge in [0.15, 0.2) is 0 Å². The van der Waals surface area contributed by atoms with E-state index in [1.54, 1.807) is 0 Å². The molecule has 0 unspecified atom stereocenters. The molecule has 49 valence electrons. The summed E-state index contributed by atoms with van der Waals surface area (Å²) in [4.78, 5) is 29.3. The molecule has 1 radical (unpaired) electrons. The van der Waals surface area contributed by atoms with Crippen LogP contribution < -0.4 is 0 Å². The molecule has 0 atom stereocenters. The van der Waals surface area contributed by atoms with Crippen LogP contribution >= 0.6 is 0 Å². The standard InChI is InChI=1S/Ca.Cu.H4O4Si.Zn.2H/c;;1-5(2,3)4;;;/h;;1-4H;;;/q+2;;;;2*-1. The fourth-order valence-corrected chi connectivity index (χ4v) is 0. The van der Waals surface area contributed by atoms with Gasteiger partial charge in [0, 0.05) is 36.5 Å². The molecule has 0 rings (SSSR count). The first-order valence-electron chi connectivity index (χ1n) is 0.894. The fourth-order valence-electron chi connectivity index (χ4n) is 0. The molecule has 0 heterocycles. The minimum absolute atomic E-state index is 0. The van der Waals surface area contributed by atoms with Crippen molar-refractivity contribution >= 4 is 46.8 Å². The van der Waals surface area contributed by atoms with Gasteiger partial charge in [-0.3, -0.25) is 0 Å². The van der Waals surface area contributed by atoms with Crippen LogP contribution in [0, 0.1) is 0 Å². The molecule has 0 amide bonds. The first kappa shape index (κ1) is 22.4. The van der Waals surface area contributed by atoms with E-state index in [1.807, 2.05) is 0 Å². The Hall–Kier alpha value is 2.46. The smallest absolute Gasteiger partial charge is 1.00 e. The Labute approximate surface area is 104 Å². The molecule has 8 heteroatoms. The van der Waals surface area contributed by atoms with Gasteiger partial charge in [0.1, 0.15) is 0 Å². The van der Waals surface area contributed by atoms with Gasteiger partial charge in [0.25, 0.3) is 0 Å². The average Bonchev–Trinajstić information content (AvgIpc) is 0.722. The summed E-state index contributed by atoms with van der Waals surface area (Å²) in [7, 11) is -4.61. The van der Waals surface area contributed by atoms with E-state index < -0.39 is 9.05 Å². The number of hydrogen-bond donors (Lipinski definition) is 4. The summed E-state index contributed by atoms with van der Waals surface area (Å²) in [6.45, 7) is 0. The fraction of sp³-hybridized carbons (Fsp3) is 0. The van der Waals surface area contributed by atoms with Crippen LogP contribution in [-0.4, -0.2) is 66.0 Å². The average molecular weight is 267 g/mol. The van der Waals surface area contributed by atoms with Gasteiger partial charge >= 0.3 is 46.8 Å². The molecular weight excluding hydrogens is 261 g/mol. The summed E-state index contributed by atoms with van der Waals surface area (Å²) in [6, 6.07) is 0. The van der Waals surface area contributed by atoms with Crippen LogP contribution in [0.4, 0.5) is 0 Å². The van der Waals surface area contributed by atoms with Crippen LogP contribution in [0.5, 0.6) is 0 Å². The normalized spacial score (nSPS) is 7.50. The van der Waals surface area contributed by atoms with Crippen molar-refractivity contribution in [3.05, 3.63) is 0 Å². The third-order valence-electron chi connectivity index (χ3n) is 0. The second-order valence-corrected chi connectivity index (χ2v) is 1.80. The van der Waals surface area contributed by atoms with Gasteiger partial charge in [-0.15, -0.1) is 0 Å². The third kappa shape index (κ3) is 77.8. The molecule has 0 saturated carbocycles. The Kier molecular flexibility index (Phi) is 26.5. The quantitative estimate of drug-likeness (QED) is 0.358. The van der Waals surface area contributed by atoms with Crippen molar-refractivity contribution in [1.82, 2.24) is 0 Å². The van der Waals surface area contributed by atoms with Crippen LogP contribution in [0.3, 0.4) is 0 Å². The van der Waals surface area contributed by atoms with E-state index in [2.05, 4.69) is 0 Å². The molecule has 0 aromatic rings. The zero-order valence-corrected chi connectivity index (χ0v) is 11.1. The summed E-state index contributed by atoms with van der Waals surface area (Å²) in [5.41, 5.74) is 0. The molecule has 0 fully saturated rings. The van der Waals surface area contributed by atoms with Gasteiger partial charge in [-0.05, 0) is 0 Å². The number of rotatable bonds is 0. The van der Waals surface area contributed by atoms with Crippen molar-refractivity contribution < 1.29 is 58.6 Å². The van der Waals surface area contributed by atoms with Gasteiger partial charge < -0.3 is 22.0 Å². The summed E-state index contributed by atoms with van der Waals surface area (Å²) in [6.07, 6.45) is 0. The van der Waals surface area contributed by atoms with Crippen molar-refractivity contribution in [2.45, 2.75) is 0 Å². The Morgan fingerprint density at radius 1 is 1.00 bits per heavy atom. The predicted molar refractivity (Wildman–Crippen MR) is 22.6 cm³/mol. The van der Waals surface area contributed by atoms with Crippen LogP contribution in [0.15, 0.2) is 0 Å². The molecule has 0 aromatic heterocycles. The molecule has 0 bridgehead atoms. The maximum Gasteiger partial charge on any atom is 2.00 e. The second-order valence-electron chi connectivity index (χ2n) is 0.600. The molecule has 0 saturated heterocycles. The van der Waals surface area contributed by atoms with E-state index in [1.165, 1.54) is 0 Å². The first-order valence-corrected chi connectivity index (χ1v) is 2.68. The second kappa shape index (κ2) is 9.46. The van der Waals surface area contributed by atoms with Crippen LogP contribution in [0.25, 0.3) is 0 Å². The van der Waals surface area contributed by atoms with E-state index >= 15 is 0 Å². The molecule has 0 aliphatic heterocycles. The van der Waals surface area contributed by atoms with Crippen LogP contribution in [0.1, 0.15) is 2.85 Å². The van der Waals surface area contributed by atoms with Crippen LogP contribution in [0.2, 0.25) is 0 Å². The van der Waals surface area contributed by atoms with E-state index in [0.29, 0.717) is 0 Å². The molecule has 0 spiro atoms. The summed E-state index contributed by atoms with van der Waals surface area (Å²) >= 11 is 0. The van der Waals surface area contributed by atoms with Crippen molar-refractivity contribution in [2.24, 2.45) is 0 Å². The SMILES string of the molecule is O[Si](O)(O)O.[Ca+2].[Cu].[H-].[H-].[Zn]. The minimum Gasteiger partial charge on any atom is -1.00 e.